The van der Waals surface area contributed by atoms with Crippen LogP contribution >= 0.6 is 0 Å². The van der Waals surface area contributed by atoms with E-state index in [1.54, 1.807) is 0 Å². The number of sulfone groups is 1. The Balaban J connectivity index is 2.88. The molecule has 0 unspecified atom stereocenters. The molecular weight excluding hydrogens is 301 g/mol. The van der Waals surface area contributed by atoms with Crippen molar-refractivity contribution < 1.29 is 22.3 Å². The number of nitrogen functional groups attached to an aromatic ring is 1. The molecule has 7 nitrogen and oxygen atoms in total. The number of H-pyrrole nitrogens is 1. The quantitative estimate of drug-likeness (QED) is 0.878. The Morgan fingerprint density at radius 3 is 2.29 bits per heavy atom. The van der Waals surface area contributed by atoms with Gasteiger partial charge in [0.1, 0.15) is 16.5 Å². The van der Waals surface area contributed by atoms with Crippen LogP contribution in [0.25, 0.3) is 11.1 Å². The fourth-order valence-corrected chi connectivity index (χ4v) is 2.96. The molecule has 2 rings (SSSR count). The number of nitrogens with one attached hydrogen (secondary N) is 1. The van der Waals surface area contributed by atoms with Gasteiger partial charge in [-0.2, -0.15) is 5.10 Å². The molecule has 9 heteroatoms. The number of hydrogen-bond acceptors (Lipinski definition) is 6. The number of aromatic nitrogens is 2. The molecular formula is C12H14FN3O4S. The topological polar surface area (TPSA) is 107 Å². The molecule has 21 heavy (non-hydrogen) atoms. The smallest absolute Gasteiger partial charge is 0.183 e. The molecule has 3 N–H and O–H groups in total. The summed E-state index contributed by atoms with van der Waals surface area (Å²) in [5.74, 6) is -0.907. The molecule has 1 heterocycles. The first-order valence-corrected chi connectivity index (χ1v) is 7.64. The van der Waals surface area contributed by atoms with E-state index in [1.165, 1.54) is 20.4 Å². The molecule has 0 radical (unpaired) electrons. The molecule has 0 bridgehead atoms. The van der Waals surface area contributed by atoms with Gasteiger partial charge in [0.25, 0.3) is 0 Å². The van der Waals surface area contributed by atoms with Crippen LogP contribution in [0.3, 0.4) is 0 Å². The molecule has 0 saturated carbocycles. The number of ether oxygens (including phenoxy) is 2. The number of aromatic amines is 1. The average Bonchev–Trinajstić information content (AvgIpc) is 2.81. The third kappa shape index (κ3) is 2.51. The Hall–Kier alpha value is -2.29. The SMILES string of the molecule is COc1c(-c2cn[nH]c2N)cc(F)c(S(C)(=O)=O)c1OC. The van der Waals surface area contributed by atoms with E-state index in [4.69, 9.17) is 15.2 Å². The maximum Gasteiger partial charge on any atom is 0.183 e. The molecule has 0 spiro atoms. The van der Waals surface area contributed by atoms with Crippen molar-refractivity contribution in [1.82, 2.24) is 10.2 Å². The summed E-state index contributed by atoms with van der Waals surface area (Å²) < 4.78 is 48.0. The number of anilines is 1. The number of methoxy groups -OCH3 is 2. The van der Waals surface area contributed by atoms with Crippen LogP contribution in [0.2, 0.25) is 0 Å². The van der Waals surface area contributed by atoms with E-state index in [0.29, 0.717) is 5.56 Å². The van der Waals surface area contributed by atoms with E-state index in [-0.39, 0.29) is 22.9 Å². The molecule has 0 aliphatic rings. The number of benzene rings is 1. The van der Waals surface area contributed by atoms with E-state index < -0.39 is 20.5 Å². The highest BCUT2D eigenvalue weighted by atomic mass is 32.2. The molecule has 0 amide bonds. The Morgan fingerprint density at radius 2 is 1.86 bits per heavy atom. The lowest BCUT2D eigenvalue weighted by Gasteiger charge is -2.16. The second-order valence-electron chi connectivity index (χ2n) is 4.27. The first kappa shape index (κ1) is 15.1. The molecule has 0 fully saturated rings. The Kier molecular flexibility index (Phi) is 3.77. The minimum Gasteiger partial charge on any atom is -0.492 e. The van der Waals surface area contributed by atoms with E-state index >= 15 is 0 Å². The largest absolute Gasteiger partial charge is 0.492 e. The molecule has 0 aliphatic heterocycles. The highest BCUT2D eigenvalue weighted by molar-refractivity contribution is 7.90. The average molecular weight is 315 g/mol. The van der Waals surface area contributed by atoms with Crippen LogP contribution in [0.1, 0.15) is 0 Å². The summed E-state index contributed by atoms with van der Waals surface area (Å²) in [4.78, 5) is -0.562. The predicted molar refractivity (Wildman–Crippen MR) is 74.6 cm³/mol. The predicted octanol–water partition coefficient (Wildman–Crippen LogP) is 1.22. The Labute approximate surface area is 120 Å². The van der Waals surface area contributed by atoms with Crippen LogP contribution in [0, 0.1) is 5.82 Å². The third-order valence-corrected chi connectivity index (χ3v) is 4.01. The summed E-state index contributed by atoms with van der Waals surface area (Å²) in [6.45, 7) is 0. The Morgan fingerprint density at radius 1 is 1.24 bits per heavy atom. The van der Waals surface area contributed by atoms with Gasteiger partial charge in [0.15, 0.2) is 21.3 Å². The lowest BCUT2D eigenvalue weighted by atomic mass is 10.1. The lowest BCUT2D eigenvalue weighted by molar-refractivity contribution is 0.343. The standard InChI is InChI=1S/C12H14FN3O4S/c1-19-9-6(7-5-15-16-12(7)14)4-8(13)11(10(9)20-2)21(3,17)18/h4-5H,1-3H3,(H3,14,15,16). The number of halogens is 1. The lowest BCUT2D eigenvalue weighted by Crippen LogP contribution is -2.07. The monoisotopic (exact) mass is 315 g/mol. The summed E-state index contributed by atoms with van der Waals surface area (Å²) in [6.07, 6.45) is 2.27. The fraction of sp³-hybridized carbons (Fsp3) is 0.250. The van der Waals surface area contributed by atoms with Crippen molar-refractivity contribution in [2.45, 2.75) is 4.90 Å². The third-order valence-electron chi connectivity index (χ3n) is 2.88. The van der Waals surface area contributed by atoms with Crippen LogP contribution in [0.15, 0.2) is 17.2 Å². The van der Waals surface area contributed by atoms with Crippen LogP contribution in [0.5, 0.6) is 11.5 Å². The molecule has 1 aromatic carbocycles. The first-order chi connectivity index (χ1) is 9.81. The van der Waals surface area contributed by atoms with Crippen molar-refractivity contribution in [3.05, 3.63) is 18.1 Å². The number of nitrogens with two attached hydrogens (primary N) is 1. The van der Waals surface area contributed by atoms with Crippen molar-refractivity contribution in [3.63, 3.8) is 0 Å². The van der Waals surface area contributed by atoms with Crippen LogP contribution in [-0.4, -0.2) is 39.1 Å². The summed E-state index contributed by atoms with van der Waals surface area (Å²) in [6, 6.07) is 1.03. The minimum absolute atomic E-state index is 0.0624. The summed E-state index contributed by atoms with van der Waals surface area (Å²) in [7, 11) is -1.29. The van der Waals surface area contributed by atoms with Gasteiger partial charge in [-0.25, -0.2) is 12.8 Å². The van der Waals surface area contributed by atoms with Crippen LogP contribution in [0.4, 0.5) is 10.2 Å². The van der Waals surface area contributed by atoms with Crippen molar-refractivity contribution in [2.75, 3.05) is 26.2 Å². The van der Waals surface area contributed by atoms with Gasteiger partial charge in [0.2, 0.25) is 0 Å². The maximum atomic E-state index is 14.2. The second-order valence-corrected chi connectivity index (χ2v) is 6.22. The highest BCUT2D eigenvalue weighted by Gasteiger charge is 2.28. The van der Waals surface area contributed by atoms with E-state index in [9.17, 15) is 12.8 Å². The first-order valence-electron chi connectivity index (χ1n) is 5.75. The van der Waals surface area contributed by atoms with Gasteiger partial charge in [-0.1, -0.05) is 0 Å². The van der Waals surface area contributed by atoms with E-state index in [2.05, 4.69) is 10.2 Å². The number of rotatable bonds is 4. The van der Waals surface area contributed by atoms with Gasteiger partial charge < -0.3 is 15.2 Å². The Bertz CT molecular complexity index is 786. The summed E-state index contributed by atoms with van der Waals surface area (Å²) in [5, 5.41) is 6.25. The number of nitrogens with zero attached hydrogens (tertiary/aromatic N) is 1. The van der Waals surface area contributed by atoms with Crippen LogP contribution in [-0.2, 0) is 9.84 Å². The van der Waals surface area contributed by atoms with Gasteiger partial charge in [-0.3, -0.25) is 5.10 Å². The zero-order chi connectivity index (χ0) is 15.8. The van der Waals surface area contributed by atoms with Crippen molar-refractivity contribution in [1.29, 1.82) is 0 Å². The van der Waals surface area contributed by atoms with Crippen molar-refractivity contribution in [2.24, 2.45) is 0 Å². The van der Waals surface area contributed by atoms with E-state index in [0.717, 1.165) is 12.3 Å². The van der Waals surface area contributed by atoms with Crippen molar-refractivity contribution >= 4 is 15.7 Å². The van der Waals surface area contributed by atoms with Gasteiger partial charge in [0, 0.05) is 17.4 Å². The van der Waals surface area contributed by atoms with Gasteiger partial charge >= 0.3 is 0 Å². The molecule has 1 aromatic heterocycles. The summed E-state index contributed by atoms with van der Waals surface area (Å²) in [5.41, 5.74) is 6.33. The molecule has 0 aliphatic carbocycles. The maximum absolute atomic E-state index is 14.2. The number of hydrogen-bond donors (Lipinski definition) is 2. The van der Waals surface area contributed by atoms with Crippen molar-refractivity contribution in [3.8, 4) is 22.6 Å². The second kappa shape index (κ2) is 5.24. The van der Waals surface area contributed by atoms with Crippen LogP contribution < -0.4 is 15.2 Å². The van der Waals surface area contributed by atoms with Gasteiger partial charge in [-0.05, 0) is 6.07 Å². The van der Waals surface area contributed by atoms with Gasteiger partial charge in [-0.15, -0.1) is 0 Å². The molecule has 0 saturated heterocycles. The molecule has 2 aromatic rings. The summed E-state index contributed by atoms with van der Waals surface area (Å²) >= 11 is 0. The highest BCUT2D eigenvalue weighted by Crippen LogP contribution is 2.44. The van der Waals surface area contributed by atoms with Gasteiger partial charge in [0.05, 0.1) is 20.4 Å². The fourth-order valence-electron chi connectivity index (χ4n) is 2.04. The molecule has 0 atom stereocenters. The van der Waals surface area contributed by atoms with E-state index in [1.807, 2.05) is 0 Å². The zero-order valence-corrected chi connectivity index (χ0v) is 12.4. The normalized spacial score (nSPS) is 11.4. The minimum atomic E-state index is -3.84. The zero-order valence-electron chi connectivity index (χ0n) is 11.6. The molecule has 114 valence electrons.